The largest absolute Gasteiger partial charge is 0.387 e. The summed E-state index contributed by atoms with van der Waals surface area (Å²) in [5.41, 5.74) is 3.52. The zero-order chi connectivity index (χ0) is 15.8. The van der Waals surface area contributed by atoms with E-state index >= 15 is 0 Å². The molecular weight excluding hydrogens is 274 g/mol. The Kier molecular flexibility index (Phi) is 6.59. The minimum atomic E-state index is -0.484. The first-order chi connectivity index (χ1) is 10.7. The third kappa shape index (κ3) is 4.95. The van der Waals surface area contributed by atoms with Crippen molar-refractivity contribution in [2.24, 2.45) is 0 Å². The zero-order valence-corrected chi connectivity index (χ0v) is 13.4. The first kappa shape index (κ1) is 16.7. The van der Waals surface area contributed by atoms with Gasteiger partial charge in [0, 0.05) is 26.7 Å². The SMILES string of the molecule is COCCN(Cc1ccccc1C)CC(O)c1ccccc1. The Morgan fingerprint density at radius 2 is 1.73 bits per heavy atom. The number of hydrogen-bond acceptors (Lipinski definition) is 3. The average Bonchev–Trinajstić information content (AvgIpc) is 2.55. The lowest BCUT2D eigenvalue weighted by Gasteiger charge is -2.25. The predicted molar refractivity (Wildman–Crippen MR) is 89.7 cm³/mol. The fourth-order valence-electron chi connectivity index (χ4n) is 2.51. The Hall–Kier alpha value is -1.68. The van der Waals surface area contributed by atoms with Gasteiger partial charge in [-0.2, -0.15) is 0 Å². The quantitative estimate of drug-likeness (QED) is 0.812. The van der Waals surface area contributed by atoms with Crippen molar-refractivity contribution in [2.45, 2.75) is 19.6 Å². The number of rotatable bonds is 8. The van der Waals surface area contributed by atoms with Gasteiger partial charge in [-0.05, 0) is 23.6 Å². The topological polar surface area (TPSA) is 32.7 Å². The molecule has 3 heteroatoms. The van der Waals surface area contributed by atoms with Gasteiger partial charge in [-0.3, -0.25) is 4.90 Å². The molecule has 2 rings (SSSR count). The van der Waals surface area contributed by atoms with E-state index in [1.165, 1.54) is 11.1 Å². The molecule has 2 aromatic carbocycles. The highest BCUT2D eigenvalue weighted by atomic mass is 16.5. The highest BCUT2D eigenvalue weighted by Crippen LogP contribution is 2.16. The van der Waals surface area contributed by atoms with Gasteiger partial charge in [0.05, 0.1) is 12.7 Å². The second-order valence-corrected chi connectivity index (χ2v) is 5.58. The van der Waals surface area contributed by atoms with Crippen LogP contribution in [0.1, 0.15) is 22.8 Å². The van der Waals surface area contributed by atoms with Crippen LogP contribution in [-0.2, 0) is 11.3 Å². The van der Waals surface area contributed by atoms with E-state index in [0.717, 1.165) is 18.7 Å². The fraction of sp³-hybridized carbons (Fsp3) is 0.368. The second kappa shape index (κ2) is 8.69. The molecule has 0 radical (unpaired) electrons. The van der Waals surface area contributed by atoms with Gasteiger partial charge in [-0.1, -0.05) is 54.6 Å². The van der Waals surface area contributed by atoms with Crippen LogP contribution in [0.5, 0.6) is 0 Å². The lowest BCUT2D eigenvalue weighted by atomic mass is 10.1. The van der Waals surface area contributed by atoms with Gasteiger partial charge in [0.15, 0.2) is 0 Å². The molecule has 118 valence electrons. The van der Waals surface area contributed by atoms with Crippen molar-refractivity contribution in [2.75, 3.05) is 26.8 Å². The van der Waals surface area contributed by atoms with Gasteiger partial charge < -0.3 is 9.84 Å². The maximum atomic E-state index is 10.5. The summed E-state index contributed by atoms with van der Waals surface area (Å²) in [4.78, 5) is 2.24. The number of aryl methyl sites for hydroxylation is 1. The van der Waals surface area contributed by atoms with Gasteiger partial charge in [0.1, 0.15) is 0 Å². The molecule has 0 bridgehead atoms. The molecule has 0 aliphatic heterocycles. The molecule has 0 spiro atoms. The number of aliphatic hydroxyl groups excluding tert-OH is 1. The Morgan fingerprint density at radius 1 is 1.05 bits per heavy atom. The Labute approximate surface area is 133 Å². The maximum absolute atomic E-state index is 10.5. The van der Waals surface area contributed by atoms with Gasteiger partial charge in [-0.25, -0.2) is 0 Å². The molecule has 0 saturated carbocycles. The summed E-state index contributed by atoms with van der Waals surface area (Å²) in [6.07, 6.45) is -0.484. The monoisotopic (exact) mass is 299 g/mol. The van der Waals surface area contributed by atoms with Gasteiger partial charge in [-0.15, -0.1) is 0 Å². The molecular formula is C19H25NO2. The van der Waals surface area contributed by atoms with Crippen LogP contribution in [0.4, 0.5) is 0 Å². The molecule has 0 aromatic heterocycles. The number of hydrogen-bond donors (Lipinski definition) is 1. The molecule has 2 aromatic rings. The molecule has 1 unspecified atom stereocenters. The van der Waals surface area contributed by atoms with Crippen LogP contribution in [0.3, 0.4) is 0 Å². The third-order valence-electron chi connectivity index (χ3n) is 3.88. The second-order valence-electron chi connectivity index (χ2n) is 5.58. The predicted octanol–water partition coefficient (Wildman–Crippen LogP) is 3.18. The highest BCUT2D eigenvalue weighted by molar-refractivity contribution is 5.25. The summed E-state index contributed by atoms with van der Waals surface area (Å²) in [6.45, 7) is 5.00. The van der Waals surface area contributed by atoms with E-state index in [1.54, 1.807) is 7.11 Å². The summed E-state index contributed by atoms with van der Waals surface area (Å²) < 4.78 is 5.20. The lowest BCUT2D eigenvalue weighted by Crippen LogP contribution is -2.31. The molecule has 0 aliphatic carbocycles. The molecule has 0 saturated heterocycles. The number of benzene rings is 2. The molecule has 1 N–H and O–H groups in total. The molecule has 0 aliphatic rings. The summed E-state index contributed by atoms with van der Waals surface area (Å²) in [5.74, 6) is 0. The molecule has 3 nitrogen and oxygen atoms in total. The first-order valence-electron chi connectivity index (χ1n) is 7.69. The molecule has 22 heavy (non-hydrogen) atoms. The van der Waals surface area contributed by atoms with Crippen LogP contribution in [-0.4, -0.2) is 36.8 Å². The Balaban J connectivity index is 2.04. The summed E-state index contributed by atoms with van der Waals surface area (Å²) >= 11 is 0. The summed E-state index contributed by atoms with van der Waals surface area (Å²) in [5, 5.41) is 10.5. The minimum absolute atomic E-state index is 0.484. The van der Waals surface area contributed by atoms with E-state index in [-0.39, 0.29) is 0 Å². The number of nitrogens with zero attached hydrogens (tertiary/aromatic N) is 1. The lowest BCUT2D eigenvalue weighted by molar-refractivity contribution is 0.0848. The van der Waals surface area contributed by atoms with Gasteiger partial charge in [0.25, 0.3) is 0 Å². The molecule has 0 fully saturated rings. The standard InChI is InChI=1S/C19H25NO2/c1-16-8-6-7-11-18(16)14-20(12-13-22-2)15-19(21)17-9-4-3-5-10-17/h3-11,19,21H,12-15H2,1-2H3. The number of aliphatic hydroxyl groups is 1. The van der Waals surface area contributed by atoms with Gasteiger partial charge in [0.2, 0.25) is 0 Å². The maximum Gasteiger partial charge on any atom is 0.0917 e. The number of ether oxygens (including phenoxy) is 1. The average molecular weight is 299 g/mol. The van der Waals surface area contributed by atoms with Crippen LogP contribution in [0, 0.1) is 6.92 Å². The van der Waals surface area contributed by atoms with E-state index in [2.05, 4.69) is 36.1 Å². The minimum Gasteiger partial charge on any atom is -0.387 e. The van der Waals surface area contributed by atoms with Crippen molar-refractivity contribution >= 4 is 0 Å². The molecule has 1 atom stereocenters. The first-order valence-corrected chi connectivity index (χ1v) is 7.69. The molecule has 0 amide bonds. The third-order valence-corrected chi connectivity index (χ3v) is 3.88. The fourth-order valence-corrected chi connectivity index (χ4v) is 2.51. The van der Waals surface area contributed by atoms with Crippen LogP contribution in [0.2, 0.25) is 0 Å². The van der Waals surface area contributed by atoms with E-state index < -0.39 is 6.10 Å². The van der Waals surface area contributed by atoms with Crippen molar-refractivity contribution < 1.29 is 9.84 Å². The van der Waals surface area contributed by atoms with Gasteiger partial charge >= 0.3 is 0 Å². The zero-order valence-electron chi connectivity index (χ0n) is 13.4. The van der Waals surface area contributed by atoms with E-state index in [9.17, 15) is 5.11 Å². The highest BCUT2D eigenvalue weighted by Gasteiger charge is 2.14. The van der Waals surface area contributed by atoms with Crippen LogP contribution < -0.4 is 0 Å². The van der Waals surface area contributed by atoms with Crippen molar-refractivity contribution in [3.05, 3.63) is 71.3 Å². The van der Waals surface area contributed by atoms with E-state index in [1.807, 2.05) is 30.3 Å². The van der Waals surface area contributed by atoms with Crippen molar-refractivity contribution in [1.29, 1.82) is 0 Å². The van der Waals surface area contributed by atoms with Crippen LogP contribution in [0.15, 0.2) is 54.6 Å². The van der Waals surface area contributed by atoms with Crippen molar-refractivity contribution in [1.82, 2.24) is 4.90 Å². The Bertz CT molecular complexity index is 556. The van der Waals surface area contributed by atoms with E-state index in [0.29, 0.717) is 13.2 Å². The Morgan fingerprint density at radius 3 is 2.41 bits per heavy atom. The van der Waals surface area contributed by atoms with Crippen LogP contribution >= 0.6 is 0 Å². The smallest absolute Gasteiger partial charge is 0.0917 e. The number of methoxy groups -OCH3 is 1. The summed E-state index contributed by atoms with van der Waals surface area (Å²) in [7, 11) is 1.71. The normalized spacial score (nSPS) is 12.5. The van der Waals surface area contributed by atoms with Crippen LogP contribution in [0.25, 0.3) is 0 Å². The molecule has 0 heterocycles. The van der Waals surface area contributed by atoms with E-state index in [4.69, 9.17) is 4.74 Å². The van der Waals surface area contributed by atoms with Crippen molar-refractivity contribution in [3.63, 3.8) is 0 Å². The summed E-state index contributed by atoms with van der Waals surface area (Å²) in [6, 6.07) is 18.2. The van der Waals surface area contributed by atoms with Crippen molar-refractivity contribution in [3.8, 4) is 0 Å².